The van der Waals surface area contributed by atoms with E-state index < -0.39 is 0 Å². The molecule has 1 aliphatic rings. The number of nitrogens with zero attached hydrogens (tertiary/aromatic N) is 1. The summed E-state index contributed by atoms with van der Waals surface area (Å²) in [5.41, 5.74) is 0.605. The van der Waals surface area contributed by atoms with Crippen LogP contribution in [-0.2, 0) is 4.79 Å². The van der Waals surface area contributed by atoms with Crippen molar-refractivity contribution in [1.82, 2.24) is 4.90 Å². The molecule has 1 saturated heterocycles. The Morgan fingerprint density at radius 1 is 1.03 bits per heavy atom. The number of fused-ring (bicyclic) bond motifs is 1. The second kappa shape index (κ2) is 9.22. The van der Waals surface area contributed by atoms with E-state index in [2.05, 4.69) is 0 Å². The van der Waals surface area contributed by atoms with Crippen molar-refractivity contribution in [1.29, 1.82) is 0 Å². The average Bonchev–Trinajstić information content (AvgIpc) is 3.01. The van der Waals surface area contributed by atoms with Crippen LogP contribution in [0.15, 0.2) is 59.5 Å². The Morgan fingerprint density at radius 3 is 2.48 bits per heavy atom. The van der Waals surface area contributed by atoms with Crippen LogP contribution >= 0.6 is 35.0 Å². The fourth-order valence-corrected chi connectivity index (χ4v) is 4.79. The van der Waals surface area contributed by atoms with Gasteiger partial charge in [0.25, 0.3) is 11.1 Å². The molecule has 3 aromatic carbocycles. The molecule has 31 heavy (non-hydrogen) atoms. The molecular formula is C23H17Cl2NO4S. The van der Waals surface area contributed by atoms with E-state index >= 15 is 0 Å². The number of imide groups is 1. The number of hydrogen-bond acceptors (Lipinski definition) is 5. The maximum atomic E-state index is 12.7. The first-order valence-corrected chi connectivity index (χ1v) is 10.9. The van der Waals surface area contributed by atoms with Gasteiger partial charge in [-0.05, 0) is 47.0 Å². The van der Waals surface area contributed by atoms with E-state index in [1.54, 1.807) is 18.2 Å². The van der Waals surface area contributed by atoms with Crippen LogP contribution in [0.1, 0.15) is 5.56 Å². The third kappa shape index (κ3) is 4.51. The highest BCUT2D eigenvalue weighted by molar-refractivity contribution is 8.18. The number of ether oxygens (including phenoxy) is 2. The van der Waals surface area contributed by atoms with Crippen LogP contribution in [0.3, 0.4) is 0 Å². The van der Waals surface area contributed by atoms with E-state index in [1.165, 1.54) is 12.0 Å². The van der Waals surface area contributed by atoms with Gasteiger partial charge in [0.1, 0.15) is 12.4 Å². The minimum Gasteiger partial charge on any atom is -0.494 e. The van der Waals surface area contributed by atoms with Crippen LogP contribution in [-0.4, -0.2) is 36.3 Å². The van der Waals surface area contributed by atoms with Gasteiger partial charge in [0, 0.05) is 5.39 Å². The minimum absolute atomic E-state index is 0.148. The van der Waals surface area contributed by atoms with Crippen LogP contribution < -0.4 is 9.47 Å². The highest BCUT2D eigenvalue weighted by Gasteiger charge is 2.34. The summed E-state index contributed by atoms with van der Waals surface area (Å²) in [7, 11) is 1.47. The van der Waals surface area contributed by atoms with E-state index in [-0.39, 0.29) is 24.3 Å². The maximum Gasteiger partial charge on any atom is 0.293 e. The van der Waals surface area contributed by atoms with Crippen molar-refractivity contribution in [2.24, 2.45) is 0 Å². The fourth-order valence-electron chi connectivity index (χ4n) is 3.27. The first-order chi connectivity index (χ1) is 15.0. The molecule has 1 heterocycles. The normalized spacial score (nSPS) is 15.2. The number of thioether (sulfide) groups is 1. The Balaban J connectivity index is 1.46. The van der Waals surface area contributed by atoms with Crippen molar-refractivity contribution >= 4 is 63.0 Å². The summed E-state index contributed by atoms with van der Waals surface area (Å²) in [6, 6.07) is 16.9. The quantitative estimate of drug-likeness (QED) is 0.394. The van der Waals surface area contributed by atoms with Gasteiger partial charge in [0.15, 0.2) is 5.75 Å². The Kier molecular flexibility index (Phi) is 6.41. The third-order valence-corrected chi connectivity index (χ3v) is 6.19. The molecule has 1 fully saturated rings. The van der Waals surface area contributed by atoms with Gasteiger partial charge in [-0.1, -0.05) is 59.6 Å². The zero-order valence-electron chi connectivity index (χ0n) is 16.4. The highest BCUT2D eigenvalue weighted by atomic mass is 35.5. The van der Waals surface area contributed by atoms with Crippen LogP contribution in [0.25, 0.3) is 16.8 Å². The lowest BCUT2D eigenvalue weighted by Gasteiger charge is -2.14. The summed E-state index contributed by atoms with van der Waals surface area (Å²) < 4.78 is 11.0. The molecule has 0 aliphatic carbocycles. The van der Waals surface area contributed by atoms with Gasteiger partial charge in [-0.3, -0.25) is 14.5 Å². The van der Waals surface area contributed by atoms with Crippen molar-refractivity contribution < 1.29 is 19.1 Å². The van der Waals surface area contributed by atoms with Crippen LogP contribution in [0.2, 0.25) is 10.0 Å². The number of carbonyl (C=O) groups excluding carboxylic acids is 2. The zero-order valence-corrected chi connectivity index (χ0v) is 18.8. The first-order valence-electron chi connectivity index (χ1n) is 9.37. The largest absolute Gasteiger partial charge is 0.494 e. The van der Waals surface area contributed by atoms with E-state index in [4.69, 9.17) is 32.7 Å². The molecule has 0 saturated carbocycles. The number of halogens is 2. The van der Waals surface area contributed by atoms with E-state index in [0.29, 0.717) is 32.0 Å². The predicted octanol–water partition coefficient (Wildman–Crippen LogP) is 6.27. The smallest absolute Gasteiger partial charge is 0.293 e. The minimum atomic E-state index is -0.375. The van der Waals surface area contributed by atoms with E-state index in [1.807, 2.05) is 42.5 Å². The van der Waals surface area contributed by atoms with Crippen molar-refractivity contribution in [3.8, 4) is 11.5 Å². The summed E-state index contributed by atoms with van der Waals surface area (Å²) in [6.45, 7) is 0.342. The van der Waals surface area contributed by atoms with Gasteiger partial charge < -0.3 is 9.47 Å². The predicted molar refractivity (Wildman–Crippen MR) is 125 cm³/mol. The summed E-state index contributed by atoms with van der Waals surface area (Å²) in [4.78, 5) is 26.6. The monoisotopic (exact) mass is 473 g/mol. The van der Waals surface area contributed by atoms with Gasteiger partial charge in [-0.2, -0.15) is 0 Å². The topological polar surface area (TPSA) is 55.8 Å². The molecule has 0 atom stereocenters. The van der Waals surface area contributed by atoms with Crippen molar-refractivity contribution in [3.05, 3.63) is 75.1 Å². The molecule has 3 aromatic rings. The molecule has 1 aliphatic heterocycles. The molecule has 0 spiro atoms. The Labute approximate surface area is 193 Å². The van der Waals surface area contributed by atoms with Gasteiger partial charge in [-0.25, -0.2) is 0 Å². The third-order valence-electron chi connectivity index (χ3n) is 4.72. The van der Waals surface area contributed by atoms with Crippen molar-refractivity contribution in [2.75, 3.05) is 20.3 Å². The summed E-state index contributed by atoms with van der Waals surface area (Å²) in [5.74, 6) is 0.696. The van der Waals surface area contributed by atoms with Crippen molar-refractivity contribution in [2.45, 2.75) is 0 Å². The molecule has 8 heteroatoms. The first kappa shape index (κ1) is 21.6. The molecule has 0 N–H and O–H groups in total. The lowest BCUT2D eigenvalue weighted by atomic mass is 10.1. The number of methoxy groups -OCH3 is 1. The maximum absolute atomic E-state index is 12.7. The number of hydrogen-bond donors (Lipinski definition) is 0. The highest BCUT2D eigenvalue weighted by Crippen LogP contribution is 2.37. The molecule has 0 aromatic heterocycles. The molecule has 0 radical (unpaired) electrons. The van der Waals surface area contributed by atoms with E-state index in [0.717, 1.165) is 22.5 Å². The van der Waals surface area contributed by atoms with Crippen LogP contribution in [0.5, 0.6) is 11.5 Å². The standard InChI is InChI=1S/C23H17Cl2NO4S/c1-29-21-17(24)11-14(12-18(21)25)13-20-22(27)26(23(28)31-20)9-10-30-19-8-4-6-15-5-2-3-7-16(15)19/h2-8,11-13H,9-10H2,1H3/b20-13-. The lowest BCUT2D eigenvalue weighted by molar-refractivity contribution is -0.123. The fraction of sp³-hybridized carbons (Fsp3) is 0.130. The number of benzene rings is 3. The molecule has 0 unspecified atom stereocenters. The number of rotatable bonds is 6. The SMILES string of the molecule is COc1c(Cl)cc(/C=C2\SC(=O)N(CCOc3cccc4ccccc34)C2=O)cc1Cl. The average molecular weight is 474 g/mol. The van der Waals surface area contributed by atoms with Gasteiger partial charge in [0.2, 0.25) is 0 Å². The Bertz CT molecular complexity index is 1180. The van der Waals surface area contributed by atoms with Gasteiger partial charge in [-0.15, -0.1) is 0 Å². The van der Waals surface area contributed by atoms with Crippen LogP contribution in [0, 0.1) is 0 Å². The van der Waals surface area contributed by atoms with Gasteiger partial charge >= 0.3 is 0 Å². The summed E-state index contributed by atoms with van der Waals surface area (Å²) in [6.07, 6.45) is 1.59. The van der Waals surface area contributed by atoms with E-state index in [9.17, 15) is 9.59 Å². The Morgan fingerprint density at radius 2 is 1.74 bits per heavy atom. The molecular weight excluding hydrogens is 457 g/mol. The Hall–Kier alpha value is -2.67. The van der Waals surface area contributed by atoms with Crippen molar-refractivity contribution in [3.63, 3.8) is 0 Å². The molecule has 0 bridgehead atoms. The number of amides is 2. The molecule has 5 nitrogen and oxygen atoms in total. The molecule has 4 rings (SSSR count). The number of carbonyl (C=O) groups is 2. The summed E-state index contributed by atoms with van der Waals surface area (Å²) in [5, 5.41) is 2.34. The second-order valence-corrected chi connectivity index (χ2v) is 8.48. The lowest BCUT2D eigenvalue weighted by Crippen LogP contribution is -2.32. The second-order valence-electron chi connectivity index (χ2n) is 6.68. The molecule has 158 valence electrons. The summed E-state index contributed by atoms with van der Waals surface area (Å²) >= 11 is 13.2. The molecule has 2 amide bonds. The zero-order chi connectivity index (χ0) is 22.0. The van der Waals surface area contributed by atoms with Crippen LogP contribution in [0.4, 0.5) is 4.79 Å². The van der Waals surface area contributed by atoms with Gasteiger partial charge in [0.05, 0.1) is 28.6 Å².